The summed E-state index contributed by atoms with van der Waals surface area (Å²) in [6.07, 6.45) is 2.91. The lowest BCUT2D eigenvalue weighted by Gasteiger charge is -2.08. The molecule has 0 radical (unpaired) electrons. The van der Waals surface area contributed by atoms with E-state index in [1.54, 1.807) is 18.2 Å². The van der Waals surface area contributed by atoms with E-state index in [2.05, 4.69) is 26.6 Å². The minimum atomic E-state index is -0.0199. The molecule has 1 amide bonds. The van der Waals surface area contributed by atoms with E-state index in [-0.39, 0.29) is 5.91 Å². The van der Waals surface area contributed by atoms with E-state index in [4.69, 9.17) is 5.26 Å². The molecule has 94 valence electrons. The average Bonchev–Trinajstić information content (AvgIpc) is 3.16. The van der Waals surface area contributed by atoms with Gasteiger partial charge in [0.2, 0.25) is 5.91 Å². The quantitative estimate of drug-likeness (QED) is 0.878. The number of carbonyl (C=O) groups excluding carboxylic acids is 1. The standard InChI is InChI=1S/C13H14BrN3O/c14-11-7-9(8-15)1-4-12(11)17-13(18)5-6-16-10-2-3-10/h1,4,7,10,16H,2-3,5-6H2,(H,17,18). The number of halogens is 1. The van der Waals surface area contributed by atoms with Crippen LogP contribution in [0.1, 0.15) is 24.8 Å². The zero-order valence-corrected chi connectivity index (χ0v) is 11.5. The molecule has 1 saturated carbocycles. The minimum absolute atomic E-state index is 0.0199. The highest BCUT2D eigenvalue weighted by atomic mass is 79.9. The Kier molecular flexibility index (Phi) is 4.34. The lowest BCUT2D eigenvalue weighted by atomic mass is 10.2. The molecule has 2 N–H and O–H groups in total. The molecule has 1 aliphatic carbocycles. The molecule has 1 aliphatic rings. The Balaban J connectivity index is 1.84. The van der Waals surface area contributed by atoms with Crippen LogP contribution in [0.4, 0.5) is 5.69 Å². The summed E-state index contributed by atoms with van der Waals surface area (Å²) in [6, 6.07) is 7.78. The second kappa shape index (κ2) is 5.98. The summed E-state index contributed by atoms with van der Waals surface area (Å²) >= 11 is 3.34. The molecule has 0 bridgehead atoms. The van der Waals surface area contributed by atoms with Gasteiger partial charge in [-0.15, -0.1) is 0 Å². The molecule has 1 fully saturated rings. The van der Waals surface area contributed by atoms with E-state index in [1.165, 1.54) is 12.8 Å². The molecule has 1 aromatic carbocycles. The van der Waals surface area contributed by atoms with Crippen LogP contribution in [-0.4, -0.2) is 18.5 Å². The molecule has 18 heavy (non-hydrogen) atoms. The van der Waals surface area contributed by atoms with Gasteiger partial charge in [-0.3, -0.25) is 4.79 Å². The first-order valence-corrected chi connectivity index (χ1v) is 6.71. The Bertz CT molecular complexity index is 491. The number of nitrogens with one attached hydrogen (secondary N) is 2. The fourth-order valence-electron chi connectivity index (χ4n) is 1.58. The Hall–Kier alpha value is -1.38. The molecule has 4 nitrogen and oxygen atoms in total. The van der Waals surface area contributed by atoms with E-state index in [9.17, 15) is 4.79 Å². The normalized spacial score (nSPS) is 14.0. The maximum Gasteiger partial charge on any atom is 0.225 e. The van der Waals surface area contributed by atoms with Crippen LogP contribution in [0, 0.1) is 11.3 Å². The SMILES string of the molecule is N#Cc1ccc(NC(=O)CCNC2CC2)c(Br)c1. The van der Waals surface area contributed by atoms with Crippen LogP contribution < -0.4 is 10.6 Å². The third-order valence-corrected chi connectivity index (χ3v) is 3.39. The van der Waals surface area contributed by atoms with E-state index >= 15 is 0 Å². The van der Waals surface area contributed by atoms with E-state index in [1.807, 2.05) is 6.07 Å². The van der Waals surface area contributed by atoms with Gasteiger partial charge in [-0.1, -0.05) is 0 Å². The lowest BCUT2D eigenvalue weighted by molar-refractivity contribution is -0.116. The first kappa shape index (κ1) is 13.1. The molecule has 0 aliphatic heterocycles. The molecule has 0 unspecified atom stereocenters. The number of benzene rings is 1. The highest BCUT2D eigenvalue weighted by molar-refractivity contribution is 9.10. The zero-order chi connectivity index (χ0) is 13.0. The van der Waals surface area contributed by atoms with Gasteiger partial charge in [0.15, 0.2) is 0 Å². The van der Waals surface area contributed by atoms with Crippen molar-refractivity contribution in [1.82, 2.24) is 5.32 Å². The predicted octanol–water partition coefficient (Wildman–Crippen LogP) is 2.40. The molecule has 5 heteroatoms. The zero-order valence-electron chi connectivity index (χ0n) is 9.87. The molecule has 0 spiro atoms. The van der Waals surface area contributed by atoms with E-state index in [0.717, 1.165) is 4.47 Å². The van der Waals surface area contributed by atoms with Gasteiger partial charge in [0, 0.05) is 23.5 Å². The second-order valence-corrected chi connectivity index (χ2v) is 5.19. The summed E-state index contributed by atoms with van der Waals surface area (Å²) in [7, 11) is 0. The molecule has 0 heterocycles. The molecule has 0 aromatic heterocycles. The van der Waals surface area contributed by atoms with Crippen molar-refractivity contribution in [2.75, 3.05) is 11.9 Å². The number of anilines is 1. The average molecular weight is 308 g/mol. The van der Waals surface area contributed by atoms with E-state index < -0.39 is 0 Å². The van der Waals surface area contributed by atoms with Gasteiger partial charge in [-0.05, 0) is 47.0 Å². The van der Waals surface area contributed by atoms with Crippen LogP contribution in [0.15, 0.2) is 22.7 Å². The minimum Gasteiger partial charge on any atom is -0.325 e. The van der Waals surface area contributed by atoms with Gasteiger partial charge >= 0.3 is 0 Å². The maximum absolute atomic E-state index is 11.7. The van der Waals surface area contributed by atoms with Crippen molar-refractivity contribution in [2.24, 2.45) is 0 Å². The third-order valence-electron chi connectivity index (χ3n) is 2.73. The predicted molar refractivity (Wildman–Crippen MR) is 73.1 cm³/mol. The number of nitriles is 1. The van der Waals surface area contributed by atoms with Crippen molar-refractivity contribution in [3.05, 3.63) is 28.2 Å². The number of nitrogens with zero attached hydrogens (tertiary/aromatic N) is 1. The Morgan fingerprint density at radius 3 is 2.89 bits per heavy atom. The second-order valence-electron chi connectivity index (χ2n) is 4.33. The third kappa shape index (κ3) is 3.83. The summed E-state index contributed by atoms with van der Waals surface area (Å²) < 4.78 is 0.727. The van der Waals surface area contributed by atoms with Crippen LogP contribution in [0.2, 0.25) is 0 Å². The molecule has 0 saturated heterocycles. The molecular weight excluding hydrogens is 294 g/mol. The lowest BCUT2D eigenvalue weighted by Crippen LogP contribution is -2.23. The van der Waals surface area contributed by atoms with Crippen LogP contribution in [0.5, 0.6) is 0 Å². The number of carbonyl (C=O) groups is 1. The topological polar surface area (TPSA) is 64.9 Å². The summed E-state index contributed by atoms with van der Waals surface area (Å²) in [6.45, 7) is 0.713. The Labute approximate surface area is 115 Å². The van der Waals surface area contributed by atoms with Crippen LogP contribution in [-0.2, 0) is 4.79 Å². The van der Waals surface area contributed by atoms with Crippen molar-refractivity contribution >= 4 is 27.5 Å². The van der Waals surface area contributed by atoms with Crippen molar-refractivity contribution in [3.8, 4) is 6.07 Å². The monoisotopic (exact) mass is 307 g/mol. The first-order chi connectivity index (χ1) is 8.69. The molecular formula is C13H14BrN3O. The number of hydrogen-bond acceptors (Lipinski definition) is 3. The fourth-order valence-corrected chi connectivity index (χ4v) is 2.05. The van der Waals surface area contributed by atoms with Gasteiger partial charge in [0.25, 0.3) is 0 Å². The summed E-state index contributed by atoms with van der Waals surface area (Å²) in [5, 5.41) is 14.9. The molecule has 1 aromatic rings. The van der Waals surface area contributed by atoms with Crippen LogP contribution >= 0.6 is 15.9 Å². The largest absolute Gasteiger partial charge is 0.325 e. The van der Waals surface area contributed by atoms with Crippen molar-refractivity contribution in [3.63, 3.8) is 0 Å². The number of hydrogen-bond donors (Lipinski definition) is 2. The van der Waals surface area contributed by atoms with Crippen molar-refractivity contribution in [1.29, 1.82) is 5.26 Å². The van der Waals surface area contributed by atoms with Crippen molar-refractivity contribution in [2.45, 2.75) is 25.3 Å². The molecule has 0 atom stereocenters. The number of rotatable bonds is 5. The number of amides is 1. The van der Waals surface area contributed by atoms with Crippen molar-refractivity contribution < 1.29 is 4.79 Å². The van der Waals surface area contributed by atoms with Gasteiger partial charge in [0.05, 0.1) is 17.3 Å². The van der Waals surface area contributed by atoms with Crippen LogP contribution in [0.25, 0.3) is 0 Å². The highest BCUT2D eigenvalue weighted by Gasteiger charge is 2.20. The first-order valence-electron chi connectivity index (χ1n) is 5.92. The van der Waals surface area contributed by atoms with Gasteiger partial charge < -0.3 is 10.6 Å². The van der Waals surface area contributed by atoms with Gasteiger partial charge in [0.1, 0.15) is 0 Å². The summed E-state index contributed by atoms with van der Waals surface area (Å²) in [5.41, 5.74) is 1.26. The van der Waals surface area contributed by atoms with E-state index in [0.29, 0.717) is 30.3 Å². The van der Waals surface area contributed by atoms with Gasteiger partial charge in [-0.25, -0.2) is 0 Å². The Morgan fingerprint density at radius 1 is 1.50 bits per heavy atom. The summed E-state index contributed by atoms with van der Waals surface area (Å²) in [5.74, 6) is -0.0199. The van der Waals surface area contributed by atoms with Crippen LogP contribution in [0.3, 0.4) is 0 Å². The molecule has 2 rings (SSSR count). The Morgan fingerprint density at radius 2 is 2.28 bits per heavy atom. The maximum atomic E-state index is 11.7. The smallest absolute Gasteiger partial charge is 0.225 e. The summed E-state index contributed by atoms with van der Waals surface area (Å²) in [4.78, 5) is 11.7. The van der Waals surface area contributed by atoms with Gasteiger partial charge in [-0.2, -0.15) is 5.26 Å². The highest BCUT2D eigenvalue weighted by Crippen LogP contribution is 2.23. The fraction of sp³-hybridized carbons (Fsp3) is 0.385.